The molecule has 1 aromatic rings. The van der Waals surface area contributed by atoms with Gasteiger partial charge in [-0.3, -0.25) is 0 Å². The zero-order valence-corrected chi connectivity index (χ0v) is 13.5. The second kappa shape index (κ2) is 8.02. The average molecular weight is 295 g/mol. The van der Waals surface area contributed by atoms with Gasteiger partial charge in [-0.2, -0.15) is 0 Å². The topological polar surface area (TPSA) is 15.3 Å². The van der Waals surface area contributed by atoms with E-state index < -0.39 is 0 Å². The first-order valence-corrected chi connectivity index (χ1v) is 8.28. The van der Waals surface area contributed by atoms with Crippen molar-refractivity contribution in [3.63, 3.8) is 0 Å². The predicted molar refractivity (Wildman–Crippen MR) is 87.5 cm³/mol. The SMILES string of the molecule is CCN1CCCC(NC(C)Cc2cccc(Cl)c2)CC1. The van der Waals surface area contributed by atoms with E-state index in [0.29, 0.717) is 12.1 Å². The van der Waals surface area contributed by atoms with Gasteiger partial charge in [-0.05, 0) is 69.9 Å². The summed E-state index contributed by atoms with van der Waals surface area (Å²) in [5.41, 5.74) is 1.32. The molecule has 2 atom stereocenters. The Kier molecular flexibility index (Phi) is 6.34. The van der Waals surface area contributed by atoms with E-state index >= 15 is 0 Å². The fourth-order valence-electron chi connectivity index (χ4n) is 3.12. The third kappa shape index (κ3) is 5.08. The van der Waals surface area contributed by atoms with Crippen LogP contribution in [0.4, 0.5) is 0 Å². The van der Waals surface area contributed by atoms with Crippen molar-refractivity contribution >= 4 is 11.6 Å². The maximum Gasteiger partial charge on any atom is 0.0408 e. The molecule has 1 aliphatic heterocycles. The molecule has 1 fully saturated rings. The molecule has 112 valence electrons. The van der Waals surface area contributed by atoms with Gasteiger partial charge in [-0.25, -0.2) is 0 Å². The summed E-state index contributed by atoms with van der Waals surface area (Å²) in [5.74, 6) is 0. The lowest BCUT2D eigenvalue weighted by atomic mass is 10.0. The lowest BCUT2D eigenvalue weighted by Crippen LogP contribution is -2.38. The molecule has 0 bridgehead atoms. The molecule has 20 heavy (non-hydrogen) atoms. The van der Waals surface area contributed by atoms with Crippen LogP contribution in [0.25, 0.3) is 0 Å². The van der Waals surface area contributed by atoms with E-state index in [1.54, 1.807) is 0 Å². The van der Waals surface area contributed by atoms with Gasteiger partial charge in [0.15, 0.2) is 0 Å². The number of hydrogen-bond donors (Lipinski definition) is 1. The molecule has 1 N–H and O–H groups in total. The van der Waals surface area contributed by atoms with Crippen LogP contribution >= 0.6 is 11.6 Å². The summed E-state index contributed by atoms with van der Waals surface area (Å²) < 4.78 is 0. The van der Waals surface area contributed by atoms with Gasteiger partial charge >= 0.3 is 0 Å². The Morgan fingerprint density at radius 2 is 2.20 bits per heavy atom. The molecular weight excluding hydrogens is 268 g/mol. The van der Waals surface area contributed by atoms with Gasteiger partial charge in [0.2, 0.25) is 0 Å². The quantitative estimate of drug-likeness (QED) is 0.890. The second-order valence-electron chi connectivity index (χ2n) is 5.96. The van der Waals surface area contributed by atoms with E-state index in [4.69, 9.17) is 11.6 Å². The molecule has 2 rings (SSSR count). The van der Waals surface area contributed by atoms with Crippen LogP contribution in [-0.2, 0) is 6.42 Å². The van der Waals surface area contributed by atoms with E-state index in [2.05, 4.69) is 36.2 Å². The number of benzene rings is 1. The number of nitrogens with one attached hydrogen (secondary N) is 1. The van der Waals surface area contributed by atoms with Crippen molar-refractivity contribution in [1.82, 2.24) is 10.2 Å². The van der Waals surface area contributed by atoms with Gasteiger partial charge in [-0.1, -0.05) is 30.7 Å². The molecule has 2 unspecified atom stereocenters. The van der Waals surface area contributed by atoms with Crippen LogP contribution < -0.4 is 5.32 Å². The number of hydrogen-bond acceptors (Lipinski definition) is 2. The van der Waals surface area contributed by atoms with Crippen LogP contribution in [0.3, 0.4) is 0 Å². The molecule has 0 spiro atoms. The van der Waals surface area contributed by atoms with Crippen LogP contribution in [0.15, 0.2) is 24.3 Å². The Labute approximate surface area is 128 Å². The number of nitrogens with zero attached hydrogens (tertiary/aromatic N) is 1. The zero-order valence-electron chi connectivity index (χ0n) is 12.7. The Balaban J connectivity index is 1.80. The van der Waals surface area contributed by atoms with E-state index in [-0.39, 0.29) is 0 Å². The fourth-order valence-corrected chi connectivity index (χ4v) is 3.33. The summed E-state index contributed by atoms with van der Waals surface area (Å²) in [6.07, 6.45) is 4.94. The van der Waals surface area contributed by atoms with E-state index in [9.17, 15) is 0 Å². The fraction of sp³-hybridized carbons (Fsp3) is 0.647. The summed E-state index contributed by atoms with van der Waals surface area (Å²) in [6.45, 7) is 8.22. The van der Waals surface area contributed by atoms with E-state index in [1.165, 1.54) is 44.5 Å². The van der Waals surface area contributed by atoms with Crippen LogP contribution in [0.5, 0.6) is 0 Å². The van der Waals surface area contributed by atoms with Gasteiger partial charge in [0.05, 0.1) is 0 Å². The molecule has 0 saturated carbocycles. The number of halogens is 1. The highest BCUT2D eigenvalue weighted by Crippen LogP contribution is 2.15. The molecular formula is C17H27ClN2. The standard InChI is InChI=1S/C17H27ClN2/c1-3-20-10-5-8-17(9-11-20)19-14(2)12-15-6-4-7-16(18)13-15/h4,6-7,13-14,17,19H,3,5,8-12H2,1-2H3. The number of rotatable bonds is 5. The van der Waals surface area contributed by atoms with Crippen molar-refractivity contribution in [2.24, 2.45) is 0 Å². The van der Waals surface area contributed by atoms with Crippen LogP contribution in [-0.4, -0.2) is 36.6 Å². The van der Waals surface area contributed by atoms with Crippen molar-refractivity contribution in [3.05, 3.63) is 34.9 Å². The van der Waals surface area contributed by atoms with E-state index in [1.807, 2.05) is 12.1 Å². The highest BCUT2D eigenvalue weighted by molar-refractivity contribution is 6.30. The highest BCUT2D eigenvalue weighted by atomic mass is 35.5. The van der Waals surface area contributed by atoms with Crippen LogP contribution in [0.1, 0.15) is 38.7 Å². The minimum Gasteiger partial charge on any atom is -0.311 e. The van der Waals surface area contributed by atoms with Crippen molar-refractivity contribution in [3.8, 4) is 0 Å². The van der Waals surface area contributed by atoms with Gasteiger partial charge in [0.1, 0.15) is 0 Å². The minimum absolute atomic E-state index is 0.506. The highest BCUT2D eigenvalue weighted by Gasteiger charge is 2.17. The largest absolute Gasteiger partial charge is 0.311 e. The maximum absolute atomic E-state index is 6.05. The molecule has 0 amide bonds. The van der Waals surface area contributed by atoms with Crippen molar-refractivity contribution < 1.29 is 0 Å². The third-order valence-corrected chi connectivity index (χ3v) is 4.45. The van der Waals surface area contributed by atoms with Crippen molar-refractivity contribution in [2.45, 2.75) is 51.6 Å². The number of likely N-dealkylation sites (tertiary alicyclic amines) is 1. The molecule has 0 aliphatic carbocycles. The lowest BCUT2D eigenvalue weighted by Gasteiger charge is -2.22. The second-order valence-corrected chi connectivity index (χ2v) is 6.40. The minimum atomic E-state index is 0.506. The Hall–Kier alpha value is -0.570. The first-order chi connectivity index (χ1) is 9.67. The summed E-state index contributed by atoms with van der Waals surface area (Å²) in [5, 5.41) is 4.64. The van der Waals surface area contributed by atoms with Crippen LogP contribution in [0.2, 0.25) is 5.02 Å². The first kappa shape index (κ1) is 15.8. The normalized spacial score (nSPS) is 22.4. The average Bonchev–Trinajstić information content (AvgIpc) is 2.63. The first-order valence-electron chi connectivity index (χ1n) is 7.90. The summed E-state index contributed by atoms with van der Waals surface area (Å²) in [6, 6.07) is 9.39. The summed E-state index contributed by atoms with van der Waals surface area (Å²) in [4.78, 5) is 2.56. The monoisotopic (exact) mass is 294 g/mol. The van der Waals surface area contributed by atoms with Gasteiger partial charge in [0.25, 0.3) is 0 Å². The van der Waals surface area contributed by atoms with Gasteiger partial charge in [-0.15, -0.1) is 0 Å². The Bertz CT molecular complexity index is 408. The van der Waals surface area contributed by atoms with Crippen LogP contribution in [0, 0.1) is 0 Å². The van der Waals surface area contributed by atoms with Gasteiger partial charge < -0.3 is 10.2 Å². The summed E-state index contributed by atoms with van der Waals surface area (Å²) in [7, 11) is 0. The van der Waals surface area contributed by atoms with Crippen molar-refractivity contribution in [1.29, 1.82) is 0 Å². The molecule has 1 aliphatic rings. The summed E-state index contributed by atoms with van der Waals surface area (Å²) >= 11 is 6.05. The Morgan fingerprint density at radius 3 is 2.95 bits per heavy atom. The maximum atomic E-state index is 6.05. The molecule has 0 aromatic heterocycles. The molecule has 1 heterocycles. The third-order valence-electron chi connectivity index (χ3n) is 4.22. The molecule has 3 heteroatoms. The molecule has 2 nitrogen and oxygen atoms in total. The molecule has 1 saturated heterocycles. The zero-order chi connectivity index (χ0) is 14.4. The van der Waals surface area contributed by atoms with Gasteiger partial charge in [0, 0.05) is 17.1 Å². The Morgan fingerprint density at radius 1 is 1.35 bits per heavy atom. The molecule has 0 radical (unpaired) electrons. The van der Waals surface area contributed by atoms with Crippen molar-refractivity contribution in [2.75, 3.05) is 19.6 Å². The van der Waals surface area contributed by atoms with E-state index in [0.717, 1.165) is 11.4 Å². The molecule has 1 aromatic carbocycles. The predicted octanol–water partition coefficient (Wildman–Crippen LogP) is 3.74. The lowest BCUT2D eigenvalue weighted by molar-refractivity contribution is 0.295. The smallest absolute Gasteiger partial charge is 0.0408 e.